The lowest BCUT2D eigenvalue weighted by molar-refractivity contribution is -0.138. The van der Waals surface area contributed by atoms with Gasteiger partial charge in [-0.25, -0.2) is 0 Å². The summed E-state index contributed by atoms with van der Waals surface area (Å²) in [5.41, 5.74) is 0.623. The first-order valence-electron chi connectivity index (χ1n) is 5.92. The smallest absolute Gasteiger partial charge is 0.309 e. The zero-order valence-electron chi connectivity index (χ0n) is 10.9. The number of aryl methyl sites for hydroxylation is 1. The van der Waals surface area contributed by atoms with Gasteiger partial charge in [0.15, 0.2) is 0 Å². The molecular weight excluding hydrogens is 351 g/mol. The van der Waals surface area contributed by atoms with Crippen molar-refractivity contribution < 1.29 is 13.2 Å². The van der Waals surface area contributed by atoms with Crippen molar-refractivity contribution in [3.8, 4) is 0 Å². The number of nitrogens with one attached hydrogen (secondary N) is 1. The van der Waals surface area contributed by atoms with E-state index in [9.17, 15) is 13.2 Å². The van der Waals surface area contributed by atoms with E-state index in [-0.39, 0.29) is 5.56 Å². The van der Waals surface area contributed by atoms with E-state index in [2.05, 4.69) is 21.2 Å². The SMILES string of the molecule is CNC(c1ccc(Br)cc1C(F)(F)F)c1sccc1C. The standard InChI is InChI=1S/C14H13BrF3NS/c1-8-5-6-20-13(8)12(19-2)10-4-3-9(15)7-11(10)14(16,17)18/h3-7,12,19H,1-2H3. The van der Waals surface area contributed by atoms with Crippen LogP contribution in [-0.2, 0) is 6.18 Å². The number of hydrogen-bond acceptors (Lipinski definition) is 2. The van der Waals surface area contributed by atoms with Crippen molar-refractivity contribution in [2.75, 3.05) is 7.05 Å². The average Bonchev–Trinajstić information content (AvgIpc) is 2.77. The lowest BCUT2D eigenvalue weighted by atomic mass is 9.97. The maximum absolute atomic E-state index is 13.2. The van der Waals surface area contributed by atoms with Gasteiger partial charge >= 0.3 is 6.18 Å². The van der Waals surface area contributed by atoms with Crippen LogP contribution in [0.3, 0.4) is 0 Å². The second-order valence-corrected chi connectivity index (χ2v) is 6.28. The van der Waals surface area contributed by atoms with Gasteiger partial charge in [0.25, 0.3) is 0 Å². The summed E-state index contributed by atoms with van der Waals surface area (Å²) in [7, 11) is 1.67. The minimum Gasteiger partial charge on any atom is -0.309 e. The maximum atomic E-state index is 13.2. The first kappa shape index (κ1) is 15.5. The molecule has 1 aromatic carbocycles. The second-order valence-electron chi connectivity index (χ2n) is 4.42. The first-order chi connectivity index (χ1) is 9.34. The largest absolute Gasteiger partial charge is 0.416 e. The predicted molar refractivity (Wildman–Crippen MR) is 79.1 cm³/mol. The van der Waals surface area contributed by atoms with Crippen molar-refractivity contribution in [3.63, 3.8) is 0 Å². The highest BCUT2D eigenvalue weighted by Gasteiger charge is 2.36. The van der Waals surface area contributed by atoms with Crippen LogP contribution in [0.25, 0.3) is 0 Å². The summed E-state index contributed by atoms with van der Waals surface area (Å²) >= 11 is 4.56. The van der Waals surface area contributed by atoms with Gasteiger partial charge in [-0.1, -0.05) is 22.0 Å². The average molecular weight is 364 g/mol. The van der Waals surface area contributed by atoms with E-state index >= 15 is 0 Å². The van der Waals surface area contributed by atoms with Crippen LogP contribution >= 0.6 is 27.3 Å². The van der Waals surface area contributed by atoms with Crippen LogP contribution in [-0.4, -0.2) is 7.05 Å². The molecule has 0 aliphatic heterocycles. The Hall–Kier alpha value is -0.850. The Kier molecular flexibility index (Phi) is 4.56. The molecule has 1 unspecified atom stereocenters. The van der Waals surface area contributed by atoms with Crippen molar-refractivity contribution >= 4 is 27.3 Å². The predicted octanol–water partition coefficient (Wildman–Crippen LogP) is 5.15. The number of thiophene rings is 1. The molecule has 0 amide bonds. The number of halogens is 4. The normalized spacial score (nSPS) is 13.5. The van der Waals surface area contributed by atoms with E-state index in [1.54, 1.807) is 13.1 Å². The van der Waals surface area contributed by atoms with E-state index in [1.165, 1.54) is 17.4 Å². The van der Waals surface area contributed by atoms with Gasteiger partial charge in [0.05, 0.1) is 11.6 Å². The molecule has 1 nitrogen and oxygen atoms in total. The molecule has 6 heteroatoms. The fourth-order valence-electron chi connectivity index (χ4n) is 2.13. The summed E-state index contributed by atoms with van der Waals surface area (Å²) in [6.07, 6.45) is -4.38. The zero-order chi connectivity index (χ0) is 14.9. The summed E-state index contributed by atoms with van der Waals surface area (Å²) in [5.74, 6) is 0. The van der Waals surface area contributed by atoms with E-state index < -0.39 is 17.8 Å². The fraction of sp³-hybridized carbons (Fsp3) is 0.286. The van der Waals surface area contributed by atoms with E-state index in [4.69, 9.17) is 0 Å². The molecule has 0 aliphatic rings. The number of alkyl halides is 3. The number of rotatable bonds is 3. The summed E-state index contributed by atoms with van der Waals surface area (Å²) in [5, 5.41) is 4.88. The summed E-state index contributed by atoms with van der Waals surface area (Å²) in [4.78, 5) is 0.903. The van der Waals surface area contributed by atoms with E-state index in [0.717, 1.165) is 16.5 Å². The van der Waals surface area contributed by atoms with Gasteiger partial charge in [0.1, 0.15) is 0 Å². The number of benzene rings is 1. The highest BCUT2D eigenvalue weighted by molar-refractivity contribution is 9.10. The highest BCUT2D eigenvalue weighted by Crippen LogP contribution is 2.39. The van der Waals surface area contributed by atoms with Crippen LogP contribution in [0.5, 0.6) is 0 Å². The summed E-state index contributed by atoms with van der Waals surface area (Å²) < 4.78 is 40.1. The minimum absolute atomic E-state index is 0.244. The van der Waals surface area contributed by atoms with Crippen LogP contribution in [0, 0.1) is 6.92 Å². The van der Waals surface area contributed by atoms with Crippen LogP contribution < -0.4 is 5.32 Å². The molecule has 1 N–H and O–H groups in total. The molecule has 0 bridgehead atoms. The Balaban J connectivity index is 2.59. The molecule has 20 heavy (non-hydrogen) atoms. The summed E-state index contributed by atoms with van der Waals surface area (Å²) in [6.45, 7) is 1.91. The molecule has 0 aliphatic carbocycles. The molecular formula is C14H13BrF3NS. The Bertz CT molecular complexity index is 607. The molecule has 2 aromatic rings. The Morgan fingerprint density at radius 2 is 1.95 bits per heavy atom. The molecule has 0 saturated carbocycles. The van der Waals surface area contributed by atoms with Gasteiger partial charge in [-0.05, 0) is 48.7 Å². The van der Waals surface area contributed by atoms with Gasteiger partial charge in [-0.2, -0.15) is 13.2 Å². The van der Waals surface area contributed by atoms with Gasteiger partial charge in [-0.15, -0.1) is 11.3 Å². The van der Waals surface area contributed by atoms with Crippen molar-refractivity contribution in [2.45, 2.75) is 19.1 Å². The lowest BCUT2D eigenvalue weighted by Gasteiger charge is -2.21. The maximum Gasteiger partial charge on any atom is 0.416 e. The zero-order valence-corrected chi connectivity index (χ0v) is 13.3. The third-order valence-corrected chi connectivity index (χ3v) is 4.66. The van der Waals surface area contributed by atoms with Gasteiger partial charge < -0.3 is 5.32 Å². The Morgan fingerprint density at radius 1 is 1.25 bits per heavy atom. The van der Waals surface area contributed by atoms with Gasteiger partial charge in [0, 0.05) is 9.35 Å². The van der Waals surface area contributed by atoms with Crippen LogP contribution in [0.15, 0.2) is 34.1 Å². The van der Waals surface area contributed by atoms with Crippen molar-refractivity contribution in [1.29, 1.82) is 0 Å². The summed E-state index contributed by atoms with van der Waals surface area (Å²) in [6, 6.07) is 5.74. The van der Waals surface area contributed by atoms with Crippen LogP contribution in [0.4, 0.5) is 13.2 Å². The Labute approximate surface area is 128 Å². The first-order valence-corrected chi connectivity index (χ1v) is 7.59. The topological polar surface area (TPSA) is 12.0 Å². The molecule has 1 atom stereocenters. The molecule has 1 heterocycles. The van der Waals surface area contributed by atoms with E-state index in [0.29, 0.717) is 4.47 Å². The van der Waals surface area contributed by atoms with Gasteiger partial charge in [0.2, 0.25) is 0 Å². The highest BCUT2D eigenvalue weighted by atomic mass is 79.9. The molecule has 108 valence electrons. The van der Waals surface area contributed by atoms with Crippen molar-refractivity contribution in [2.24, 2.45) is 0 Å². The van der Waals surface area contributed by atoms with Crippen molar-refractivity contribution in [3.05, 3.63) is 55.7 Å². The molecule has 2 rings (SSSR count). The van der Waals surface area contributed by atoms with Crippen molar-refractivity contribution in [1.82, 2.24) is 5.32 Å². The van der Waals surface area contributed by atoms with E-state index in [1.807, 2.05) is 18.4 Å². The Morgan fingerprint density at radius 3 is 2.45 bits per heavy atom. The minimum atomic E-state index is -4.38. The third-order valence-electron chi connectivity index (χ3n) is 3.08. The second kappa shape index (κ2) is 5.87. The fourth-order valence-corrected chi connectivity index (χ4v) is 3.55. The quantitative estimate of drug-likeness (QED) is 0.795. The van der Waals surface area contributed by atoms with Gasteiger partial charge in [-0.3, -0.25) is 0 Å². The monoisotopic (exact) mass is 363 g/mol. The third kappa shape index (κ3) is 3.07. The molecule has 0 saturated heterocycles. The molecule has 0 fully saturated rings. The molecule has 1 aromatic heterocycles. The molecule has 0 spiro atoms. The lowest BCUT2D eigenvalue weighted by Crippen LogP contribution is -2.21. The van der Waals surface area contributed by atoms with Crippen LogP contribution in [0.2, 0.25) is 0 Å². The van der Waals surface area contributed by atoms with Crippen LogP contribution in [0.1, 0.15) is 27.6 Å². The number of hydrogen-bond donors (Lipinski definition) is 1. The molecule has 0 radical (unpaired) electrons.